The molecule has 0 atom stereocenters. The van der Waals surface area contributed by atoms with Crippen molar-refractivity contribution in [1.82, 2.24) is 4.40 Å². The van der Waals surface area contributed by atoms with Crippen LogP contribution in [0.3, 0.4) is 0 Å². The van der Waals surface area contributed by atoms with E-state index in [2.05, 4.69) is 6.07 Å². The van der Waals surface area contributed by atoms with Crippen molar-refractivity contribution in [3.05, 3.63) is 96.1 Å². The van der Waals surface area contributed by atoms with Crippen LogP contribution in [0.15, 0.2) is 79.3 Å². The average Bonchev–Trinajstić information content (AvgIpc) is 3.15. The van der Waals surface area contributed by atoms with E-state index in [-0.39, 0.29) is 24.7 Å². The molecule has 0 aliphatic rings. The number of carbonyl (C=O) groups excluding carboxylic acids is 2. The molecule has 0 unspecified atom stereocenters. The lowest BCUT2D eigenvalue weighted by Crippen LogP contribution is -3.00. The van der Waals surface area contributed by atoms with Crippen molar-refractivity contribution in [3.8, 4) is 11.1 Å². The van der Waals surface area contributed by atoms with Gasteiger partial charge in [-0.1, -0.05) is 36.4 Å². The highest BCUT2D eigenvalue weighted by molar-refractivity contribution is 6.02. The van der Waals surface area contributed by atoms with Gasteiger partial charge in [0.25, 0.3) is 0 Å². The zero-order chi connectivity index (χ0) is 20.4. The number of aromatic nitrogens is 2. The summed E-state index contributed by atoms with van der Waals surface area (Å²) in [6.45, 7) is 2.15. The number of Topliss-reactive ketones (excluding diaryl/α,β-unsaturated/α-hetero) is 1. The number of methoxy groups -OCH3 is 1. The number of hydrogen-bond donors (Lipinski definition) is 0. The van der Waals surface area contributed by atoms with Crippen molar-refractivity contribution < 1.29 is 31.3 Å². The Kier molecular flexibility index (Phi) is 6.33. The normalized spacial score (nSPS) is 10.5. The van der Waals surface area contributed by atoms with E-state index in [0.717, 1.165) is 22.2 Å². The Balaban J connectivity index is 0.00000256. The number of rotatable bonds is 5. The van der Waals surface area contributed by atoms with E-state index in [4.69, 9.17) is 4.74 Å². The number of hydrogen-bond acceptors (Lipinski definition) is 3. The fourth-order valence-electron chi connectivity index (χ4n) is 3.56. The Morgan fingerprint density at radius 3 is 2.53 bits per heavy atom. The maximum atomic E-state index is 13.4. The van der Waals surface area contributed by atoms with Gasteiger partial charge in [-0.25, -0.2) is 4.79 Å². The molecule has 152 valence electrons. The van der Waals surface area contributed by atoms with E-state index < -0.39 is 5.97 Å². The Morgan fingerprint density at radius 1 is 1.03 bits per heavy atom. The maximum Gasteiger partial charge on any atom is 0.343 e. The number of pyridine rings is 2. The molecule has 0 aliphatic carbocycles. The molecule has 3 aromatic heterocycles. The van der Waals surface area contributed by atoms with Gasteiger partial charge < -0.3 is 21.5 Å². The molecule has 3 heterocycles. The van der Waals surface area contributed by atoms with Crippen LogP contribution in [0, 0.1) is 6.92 Å². The summed E-state index contributed by atoms with van der Waals surface area (Å²) in [7, 11) is 1.34. The first-order chi connectivity index (χ1) is 14.1. The van der Waals surface area contributed by atoms with Crippen molar-refractivity contribution in [1.29, 1.82) is 0 Å². The lowest BCUT2D eigenvalue weighted by molar-refractivity contribution is -0.683. The van der Waals surface area contributed by atoms with Crippen LogP contribution in [0.1, 0.15) is 26.4 Å². The lowest BCUT2D eigenvalue weighted by atomic mass is 10.0. The third-order valence-electron chi connectivity index (χ3n) is 4.98. The molecule has 30 heavy (non-hydrogen) atoms. The van der Waals surface area contributed by atoms with Crippen LogP contribution >= 0.6 is 0 Å². The van der Waals surface area contributed by atoms with Crippen molar-refractivity contribution in [2.24, 2.45) is 0 Å². The van der Waals surface area contributed by atoms with Gasteiger partial charge in [-0.05, 0) is 36.2 Å². The molecule has 4 rings (SSSR count). The first kappa shape index (κ1) is 21.3. The number of halogens is 1. The summed E-state index contributed by atoms with van der Waals surface area (Å²) < 4.78 is 8.43. The largest absolute Gasteiger partial charge is 1.00 e. The van der Waals surface area contributed by atoms with E-state index in [1.165, 1.54) is 7.11 Å². The topological polar surface area (TPSA) is 51.7 Å². The van der Waals surface area contributed by atoms with Gasteiger partial charge in [-0.2, -0.15) is 4.57 Å². The van der Waals surface area contributed by atoms with Crippen LogP contribution in [-0.4, -0.2) is 23.3 Å². The van der Waals surface area contributed by atoms with Gasteiger partial charge in [-0.3, -0.25) is 4.79 Å². The van der Waals surface area contributed by atoms with E-state index >= 15 is 0 Å². The molecule has 1 aromatic carbocycles. The van der Waals surface area contributed by atoms with Crippen molar-refractivity contribution >= 4 is 17.3 Å². The minimum Gasteiger partial charge on any atom is -1.00 e. The zero-order valence-corrected chi connectivity index (χ0v) is 17.5. The summed E-state index contributed by atoms with van der Waals surface area (Å²) in [4.78, 5) is 25.2. The van der Waals surface area contributed by atoms with E-state index in [1.54, 1.807) is 29.1 Å². The predicted molar refractivity (Wildman–Crippen MR) is 110 cm³/mol. The van der Waals surface area contributed by atoms with Crippen LogP contribution < -0.4 is 17.0 Å². The standard InChI is InChI=1S/C24H21N2O3.ClH/c1-17-8-6-13-26-21(17)14-20(18-9-4-3-5-10-18)23(26)22(27)16-25-12-7-11-19(15-25)24(28)29-2;/h3-15H,16H2,1-2H3;1H/q+1;/p-1. The van der Waals surface area contributed by atoms with Gasteiger partial charge in [0, 0.05) is 23.3 Å². The number of ketones is 1. The number of carbonyl (C=O) groups is 2. The fraction of sp³-hybridized carbons (Fsp3) is 0.125. The molecule has 0 amide bonds. The molecular formula is C24H21ClN2O3. The molecule has 0 spiro atoms. The monoisotopic (exact) mass is 420 g/mol. The molecule has 0 radical (unpaired) electrons. The molecular weight excluding hydrogens is 400 g/mol. The summed E-state index contributed by atoms with van der Waals surface area (Å²) in [6, 6.07) is 19.3. The van der Waals surface area contributed by atoms with Crippen LogP contribution in [0.4, 0.5) is 0 Å². The van der Waals surface area contributed by atoms with Crippen LogP contribution in [0.5, 0.6) is 0 Å². The quantitative estimate of drug-likeness (QED) is 0.273. The number of nitrogens with zero attached hydrogens (tertiary/aromatic N) is 2. The highest BCUT2D eigenvalue weighted by Gasteiger charge is 2.23. The lowest BCUT2D eigenvalue weighted by Gasteiger charge is -2.06. The number of ether oxygens (including phenoxy) is 1. The second-order valence-corrected chi connectivity index (χ2v) is 6.90. The van der Waals surface area contributed by atoms with E-state index in [0.29, 0.717) is 11.3 Å². The summed E-state index contributed by atoms with van der Waals surface area (Å²) in [5, 5.41) is 0. The first-order valence-corrected chi connectivity index (χ1v) is 9.35. The van der Waals surface area contributed by atoms with Crippen molar-refractivity contribution in [2.75, 3.05) is 7.11 Å². The zero-order valence-electron chi connectivity index (χ0n) is 16.7. The van der Waals surface area contributed by atoms with Gasteiger partial charge in [0.15, 0.2) is 12.4 Å². The predicted octanol–water partition coefficient (Wildman–Crippen LogP) is 0.876. The van der Waals surface area contributed by atoms with Gasteiger partial charge >= 0.3 is 5.97 Å². The third-order valence-corrected chi connectivity index (χ3v) is 4.98. The summed E-state index contributed by atoms with van der Waals surface area (Å²) in [5.74, 6) is -0.470. The van der Waals surface area contributed by atoms with Gasteiger partial charge in [-0.15, -0.1) is 0 Å². The van der Waals surface area contributed by atoms with Gasteiger partial charge in [0.1, 0.15) is 11.3 Å². The van der Waals surface area contributed by atoms with Crippen molar-refractivity contribution in [2.45, 2.75) is 13.5 Å². The van der Waals surface area contributed by atoms with E-state index in [9.17, 15) is 9.59 Å². The summed E-state index contributed by atoms with van der Waals surface area (Å²) in [5.41, 5.74) is 5.03. The van der Waals surface area contributed by atoms with Crippen LogP contribution in [-0.2, 0) is 11.3 Å². The smallest absolute Gasteiger partial charge is 0.343 e. The molecule has 6 heteroatoms. The molecule has 0 saturated heterocycles. The van der Waals surface area contributed by atoms with Gasteiger partial charge in [0.2, 0.25) is 12.3 Å². The number of fused-ring (bicyclic) bond motifs is 1. The molecule has 0 N–H and O–H groups in total. The average molecular weight is 421 g/mol. The molecule has 4 aromatic rings. The molecule has 5 nitrogen and oxygen atoms in total. The Bertz CT molecular complexity index is 1220. The highest BCUT2D eigenvalue weighted by atomic mass is 35.5. The summed E-state index contributed by atoms with van der Waals surface area (Å²) >= 11 is 0. The second kappa shape index (κ2) is 8.93. The minimum atomic E-state index is -0.430. The third kappa shape index (κ3) is 3.98. The minimum absolute atomic E-state index is 0. The Morgan fingerprint density at radius 2 is 1.80 bits per heavy atom. The fourth-order valence-corrected chi connectivity index (χ4v) is 3.56. The number of esters is 1. The Labute approximate surface area is 181 Å². The maximum absolute atomic E-state index is 13.4. The summed E-state index contributed by atoms with van der Waals surface area (Å²) in [6.07, 6.45) is 5.32. The second-order valence-electron chi connectivity index (χ2n) is 6.90. The molecule has 0 aliphatic heterocycles. The molecule has 0 saturated carbocycles. The van der Waals surface area contributed by atoms with Gasteiger partial charge in [0.05, 0.1) is 7.11 Å². The van der Waals surface area contributed by atoms with E-state index in [1.807, 2.05) is 60.0 Å². The molecule has 0 bridgehead atoms. The Hall–Kier alpha value is -3.44. The first-order valence-electron chi connectivity index (χ1n) is 9.35. The van der Waals surface area contributed by atoms with Crippen LogP contribution in [0.2, 0.25) is 0 Å². The number of benzene rings is 1. The van der Waals surface area contributed by atoms with Crippen molar-refractivity contribution in [3.63, 3.8) is 0 Å². The molecule has 0 fully saturated rings. The number of aryl methyl sites for hydroxylation is 1. The van der Waals surface area contributed by atoms with Crippen LogP contribution in [0.25, 0.3) is 16.6 Å². The SMILES string of the molecule is COC(=O)c1ccc[n+](CC(=O)c2c(-c3ccccc3)cc3c(C)cccn23)c1.[Cl-]. The highest BCUT2D eigenvalue weighted by Crippen LogP contribution is 2.29.